The molecule has 132 valence electrons. The van der Waals surface area contributed by atoms with Crippen LogP contribution in [0.2, 0.25) is 0 Å². The average Bonchev–Trinajstić information content (AvgIpc) is 3.16. The molecule has 0 aliphatic carbocycles. The van der Waals surface area contributed by atoms with Crippen LogP contribution in [-0.4, -0.2) is 27.1 Å². The van der Waals surface area contributed by atoms with E-state index in [2.05, 4.69) is 37.9 Å². The van der Waals surface area contributed by atoms with Gasteiger partial charge in [0.05, 0.1) is 12.3 Å². The number of hydrogen-bond acceptors (Lipinski definition) is 4. The first-order chi connectivity index (χ1) is 11.9. The molecule has 3 aromatic rings. The fourth-order valence-electron chi connectivity index (χ4n) is 2.72. The summed E-state index contributed by atoms with van der Waals surface area (Å²) < 4.78 is 7.65. The van der Waals surface area contributed by atoms with Crippen LogP contribution in [0.5, 0.6) is 5.75 Å². The lowest BCUT2D eigenvalue weighted by molar-refractivity contribution is 0.0691. The Morgan fingerprint density at radius 1 is 1.36 bits per heavy atom. The fraction of sp³-hybridized carbons (Fsp3) is 0.368. The lowest BCUT2D eigenvalue weighted by Gasteiger charge is -2.24. The maximum Gasteiger partial charge on any atom is 0.356 e. The number of thiazole rings is 1. The topological polar surface area (TPSA) is 63.8 Å². The fourth-order valence-corrected chi connectivity index (χ4v) is 3.59. The van der Waals surface area contributed by atoms with E-state index in [1.54, 1.807) is 6.20 Å². The Morgan fingerprint density at radius 2 is 2.12 bits per heavy atom. The number of aromatic nitrogens is 2. The Labute approximate surface area is 150 Å². The number of benzene rings is 1. The summed E-state index contributed by atoms with van der Waals surface area (Å²) in [6, 6.07) is 6.26. The summed E-state index contributed by atoms with van der Waals surface area (Å²) in [5, 5.41) is 11.2. The number of ether oxygens (including phenoxy) is 1. The predicted octanol–water partition coefficient (Wildman–Crippen LogP) is 4.85. The van der Waals surface area contributed by atoms with Crippen molar-refractivity contribution in [2.45, 2.75) is 39.5 Å². The van der Waals surface area contributed by atoms with Crippen molar-refractivity contribution < 1.29 is 14.6 Å². The number of hydrogen-bond donors (Lipinski definition) is 1. The lowest BCUT2D eigenvalue weighted by Crippen LogP contribution is -2.15. The van der Waals surface area contributed by atoms with Gasteiger partial charge in [-0.05, 0) is 36.5 Å². The summed E-state index contributed by atoms with van der Waals surface area (Å²) in [6.07, 6.45) is 2.59. The SMILES string of the molecule is CCOc1ccc(C(C)(C)CC)cc1-c1csc2nc(C(=O)O)cn12. The molecule has 25 heavy (non-hydrogen) atoms. The molecular weight excluding hydrogens is 336 g/mol. The maximum atomic E-state index is 11.2. The summed E-state index contributed by atoms with van der Waals surface area (Å²) in [4.78, 5) is 16.0. The molecule has 1 aromatic carbocycles. The van der Waals surface area contributed by atoms with E-state index in [4.69, 9.17) is 4.74 Å². The van der Waals surface area contributed by atoms with Crippen molar-refractivity contribution in [2.75, 3.05) is 6.61 Å². The minimum Gasteiger partial charge on any atom is -0.493 e. The zero-order chi connectivity index (χ0) is 18.2. The highest BCUT2D eigenvalue weighted by Gasteiger charge is 2.22. The van der Waals surface area contributed by atoms with E-state index in [-0.39, 0.29) is 11.1 Å². The highest BCUT2D eigenvalue weighted by atomic mass is 32.1. The molecule has 5 nitrogen and oxygen atoms in total. The normalized spacial score (nSPS) is 11.8. The van der Waals surface area contributed by atoms with Gasteiger partial charge < -0.3 is 9.84 Å². The van der Waals surface area contributed by atoms with Crippen LogP contribution in [0.1, 0.15) is 50.2 Å². The van der Waals surface area contributed by atoms with E-state index >= 15 is 0 Å². The van der Waals surface area contributed by atoms with Crippen LogP contribution in [0, 0.1) is 0 Å². The molecule has 0 saturated heterocycles. The van der Waals surface area contributed by atoms with E-state index in [0.717, 1.165) is 23.4 Å². The zero-order valence-corrected chi connectivity index (χ0v) is 15.7. The Hall–Kier alpha value is -2.34. The molecular formula is C19H22N2O3S. The molecule has 2 aromatic heterocycles. The van der Waals surface area contributed by atoms with Crippen LogP contribution in [0.25, 0.3) is 16.2 Å². The highest BCUT2D eigenvalue weighted by Crippen LogP contribution is 2.38. The number of nitrogens with zero attached hydrogens (tertiary/aromatic N) is 2. The van der Waals surface area contributed by atoms with Gasteiger partial charge >= 0.3 is 5.97 Å². The van der Waals surface area contributed by atoms with Crippen molar-refractivity contribution in [3.8, 4) is 17.0 Å². The second-order valence-corrected chi connectivity index (χ2v) is 7.42. The first-order valence-electron chi connectivity index (χ1n) is 8.35. The Balaban J connectivity index is 2.20. The summed E-state index contributed by atoms with van der Waals surface area (Å²) in [6.45, 7) is 9.14. The molecule has 0 spiro atoms. The van der Waals surface area contributed by atoms with Crippen molar-refractivity contribution in [3.63, 3.8) is 0 Å². The zero-order valence-electron chi connectivity index (χ0n) is 14.9. The number of carboxylic acids is 1. The Bertz CT molecular complexity index is 924. The number of carbonyl (C=O) groups is 1. The van der Waals surface area contributed by atoms with Crippen molar-refractivity contribution in [1.29, 1.82) is 0 Å². The van der Waals surface area contributed by atoms with Gasteiger partial charge in [-0.1, -0.05) is 26.8 Å². The quantitative estimate of drug-likeness (QED) is 0.684. The van der Waals surface area contributed by atoms with E-state index in [1.807, 2.05) is 22.8 Å². The summed E-state index contributed by atoms with van der Waals surface area (Å²) in [5.74, 6) is -0.226. The molecule has 0 unspecified atom stereocenters. The van der Waals surface area contributed by atoms with Gasteiger partial charge in [-0.2, -0.15) is 0 Å². The van der Waals surface area contributed by atoms with Crippen molar-refractivity contribution >= 4 is 22.3 Å². The molecule has 6 heteroatoms. The van der Waals surface area contributed by atoms with Gasteiger partial charge in [-0.15, -0.1) is 11.3 Å². The maximum absolute atomic E-state index is 11.2. The van der Waals surface area contributed by atoms with Crippen LogP contribution in [0.15, 0.2) is 29.8 Å². The number of carboxylic acid groups (broad SMARTS) is 1. The lowest BCUT2D eigenvalue weighted by atomic mass is 9.81. The minimum atomic E-state index is -1.02. The van der Waals surface area contributed by atoms with Crippen molar-refractivity contribution in [3.05, 3.63) is 41.0 Å². The van der Waals surface area contributed by atoms with Crippen LogP contribution < -0.4 is 4.74 Å². The molecule has 0 saturated carbocycles. The second kappa shape index (κ2) is 6.52. The van der Waals surface area contributed by atoms with Crippen LogP contribution in [-0.2, 0) is 5.41 Å². The first kappa shape index (κ1) is 17.5. The minimum absolute atomic E-state index is 0.0514. The third-order valence-corrected chi connectivity index (χ3v) is 5.49. The molecule has 0 amide bonds. The van der Waals surface area contributed by atoms with Gasteiger partial charge in [-0.3, -0.25) is 4.40 Å². The molecule has 3 rings (SSSR count). The molecule has 0 aliphatic rings. The van der Waals surface area contributed by atoms with E-state index < -0.39 is 5.97 Å². The monoisotopic (exact) mass is 358 g/mol. The Morgan fingerprint density at radius 3 is 2.76 bits per heavy atom. The number of fused-ring (bicyclic) bond motifs is 1. The molecule has 2 heterocycles. The van der Waals surface area contributed by atoms with E-state index in [9.17, 15) is 9.90 Å². The van der Waals surface area contributed by atoms with E-state index in [1.165, 1.54) is 16.9 Å². The summed E-state index contributed by atoms with van der Waals surface area (Å²) in [5.41, 5.74) is 3.19. The molecule has 0 aliphatic heterocycles. The molecule has 0 radical (unpaired) electrons. The van der Waals surface area contributed by atoms with Gasteiger partial charge in [0, 0.05) is 17.1 Å². The van der Waals surface area contributed by atoms with E-state index in [0.29, 0.717) is 11.6 Å². The third kappa shape index (κ3) is 3.14. The molecule has 0 fully saturated rings. The van der Waals surface area contributed by atoms with Crippen LogP contribution in [0.3, 0.4) is 0 Å². The Kier molecular flexibility index (Phi) is 4.56. The number of rotatable bonds is 6. The van der Waals surface area contributed by atoms with Gasteiger partial charge in [0.2, 0.25) is 0 Å². The smallest absolute Gasteiger partial charge is 0.356 e. The summed E-state index contributed by atoms with van der Waals surface area (Å²) in [7, 11) is 0. The van der Waals surface area contributed by atoms with Crippen molar-refractivity contribution in [2.24, 2.45) is 0 Å². The number of imidazole rings is 1. The summed E-state index contributed by atoms with van der Waals surface area (Å²) >= 11 is 1.43. The molecule has 0 atom stereocenters. The van der Waals surface area contributed by atoms with Gasteiger partial charge in [0.1, 0.15) is 5.75 Å². The van der Waals surface area contributed by atoms with Crippen molar-refractivity contribution in [1.82, 2.24) is 9.38 Å². The largest absolute Gasteiger partial charge is 0.493 e. The van der Waals surface area contributed by atoms with Crippen LogP contribution >= 0.6 is 11.3 Å². The van der Waals surface area contributed by atoms with Gasteiger partial charge in [0.25, 0.3) is 0 Å². The van der Waals surface area contributed by atoms with Crippen LogP contribution in [0.4, 0.5) is 0 Å². The number of aromatic carboxylic acids is 1. The first-order valence-corrected chi connectivity index (χ1v) is 9.23. The molecule has 0 bridgehead atoms. The highest BCUT2D eigenvalue weighted by molar-refractivity contribution is 7.15. The third-order valence-electron chi connectivity index (χ3n) is 4.65. The predicted molar refractivity (Wildman–Crippen MR) is 100.0 cm³/mol. The van der Waals surface area contributed by atoms with Gasteiger partial charge in [0.15, 0.2) is 10.7 Å². The molecule has 1 N–H and O–H groups in total. The van der Waals surface area contributed by atoms with Gasteiger partial charge in [-0.25, -0.2) is 9.78 Å². The standard InChI is InChI=1S/C19H22N2O3S/c1-5-19(3,4)12-7-8-16(24-6-2)13(9-12)15-11-25-18-20-14(17(22)23)10-21(15)18/h7-11H,5-6H2,1-4H3,(H,22,23). The second-order valence-electron chi connectivity index (χ2n) is 6.59. The average molecular weight is 358 g/mol.